The molecule has 1 saturated heterocycles. The second-order valence-electron chi connectivity index (χ2n) is 7.45. The number of aromatic nitrogens is 4. The number of alkyl halides is 1. The van der Waals surface area contributed by atoms with Crippen LogP contribution in [-0.4, -0.2) is 51.2 Å². The molecule has 2 aromatic rings. The number of nitrogens with two attached hydrogens (primary N) is 1. The number of nitrogen functional groups attached to an aromatic ring is 1. The van der Waals surface area contributed by atoms with Crippen LogP contribution in [0.25, 0.3) is 11.2 Å². The van der Waals surface area contributed by atoms with Crippen LogP contribution in [0, 0.1) is 11.8 Å². The Morgan fingerprint density at radius 3 is 2.72 bits per heavy atom. The van der Waals surface area contributed by atoms with Crippen molar-refractivity contribution >= 4 is 24.7 Å². The minimum atomic E-state index is -3.29. The fraction of sp³-hybridized carbons (Fsp3) is 0.706. The molecular weight excluding hydrogens is 404 g/mol. The Hall–Kier alpha value is -1.81. The van der Waals surface area contributed by atoms with Gasteiger partial charge in [0.25, 0.3) is 5.56 Å². The minimum Gasteiger partial charge on any atom is -0.369 e. The Labute approximate surface area is 167 Å². The van der Waals surface area contributed by atoms with Gasteiger partial charge >= 0.3 is 7.60 Å². The van der Waals surface area contributed by atoms with Crippen molar-refractivity contribution in [3.05, 3.63) is 16.7 Å². The largest absolute Gasteiger partial charge is 0.369 e. The van der Waals surface area contributed by atoms with Crippen molar-refractivity contribution in [2.75, 3.05) is 19.0 Å². The molecule has 6 unspecified atom stereocenters. The van der Waals surface area contributed by atoms with Gasteiger partial charge in [0.1, 0.15) is 0 Å². The third-order valence-corrected chi connectivity index (χ3v) is 7.25. The van der Waals surface area contributed by atoms with Gasteiger partial charge in [-0.05, 0) is 12.8 Å². The maximum atomic E-state index is 15.5. The second kappa shape index (κ2) is 8.14. The highest BCUT2D eigenvalue weighted by Gasteiger charge is 2.51. The van der Waals surface area contributed by atoms with Crippen LogP contribution in [0.3, 0.4) is 0 Å². The Bertz CT molecular complexity index is 971. The van der Waals surface area contributed by atoms with Gasteiger partial charge in [0.2, 0.25) is 5.95 Å². The molecule has 0 radical (unpaired) electrons. The minimum absolute atomic E-state index is 0.0405. The van der Waals surface area contributed by atoms with Crippen LogP contribution in [0.4, 0.5) is 10.3 Å². The van der Waals surface area contributed by atoms with Gasteiger partial charge in [-0.1, -0.05) is 20.8 Å². The first-order valence-electron chi connectivity index (χ1n) is 9.47. The third kappa shape index (κ3) is 3.96. The van der Waals surface area contributed by atoms with Crippen molar-refractivity contribution in [3.63, 3.8) is 0 Å². The Kier molecular flexibility index (Phi) is 6.14. The zero-order chi connectivity index (χ0) is 21.5. The molecule has 0 amide bonds. The maximum Gasteiger partial charge on any atom is 0.330 e. The van der Waals surface area contributed by atoms with Crippen LogP contribution in [0.5, 0.6) is 0 Å². The number of hydrogen-bond donors (Lipinski definition) is 2. The van der Waals surface area contributed by atoms with Gasteiger partial charge < -0.3 is 19.5 Å². The number of nitrogens with zero attached hydrogens (tertiary/aromatic N) is 3. The van der Waals surface area contributed by atoms with Gasteiger partial charge in [-0.15, -0.1) is 0 Å². The zero-order valence-electron chi connectivity index (χ0n) is 17.0. The van der Waals surface area contributed by atoms with E-state index >= 15 is 4.39 Å². The summed E-state index contributed by atoms with van der Waals surface area (Å²) in [5.41, 5.74) is 5.29. The summed E-state index contributed by atoms with van der Waals surface area (Å²) in [7, 11) is -1.98. The number of anilines is 1. The SMILES string of the molecule is CCP(=O)(OC)OC(C)C1OC(n2cnc3c(=O)[nH]c(N)nc32)C(F)C1C(C)C. The van der Waals surface area contributed by atoms with E-state index in [0.29, 0.717) is 0 Å². The van der Waals surface area contributed by atoms with Crippen LogP contribution in [0.15, 0.2) is 11.1 Å². The zero-order valence-corrected chi connectivity index (χ0v) is 17.9. The predicted octanol–water partition coefficient (Wildman–Crippen LogP) is 2.47. The molecule has 0 aromatic carbocycles. The molecule has 0 aliphatic carbocycles. The van der Waals surface area contributed by atoms with Gasteiger partial charge in [0.15, 0.2) is 23.6 Å². The number of rotatable bonds is 7. The van der Waals surface area contributed by atoms with E-state index in [0.717, 1.165) is 0 Å². The lowest BCUT2D eigenvalue weighted by Crippen LogP contribution is -2.36. The lowest BCUT2D eigenvalue weighted by atomic mass is 9.85. The van der Waals surface area contributed by atoms with Crippen molar-refractivity contribution in [2.24, 2.45) is 11.8 Å². The van der Waals surface area contributed by atoms with Crippen LogP contribution in [0.1, 0.15) is 33.9 Å². The lowest BCUT2D eigenvalue weighted by molar-refractivity contribution is -0.0639. The van der Waals surface area contributed by atoms with Crippen LogP contribution in [-0.2, 0) is 18.3 Å². The number of nitrogens with one attached hydrogen (secondary N) is 1. The molecule has 0 spiro atoms. The Morgan fingerprint density at radius 1 is 1.45 bits per heavy atom. The molecule has 162 valence electrons. The molecule has 6 atom stereocenters. The highest BCUT2D eigenvalue weighted by atomic mass is 31.2. The fourth-order valence-electron chi connectivity index (χ4n) is 3.78. The first-order valence-corrected chi connectivity index (χ1v) is 11.2. The Morgan fingerprint density at radius 2 is 2.14 bits per heavy atom. The molecule has 0 saturated carbocycles. The first kappa shape index (κ1) is 21.9. The molecule has 3 heterocycles. The summed E-state index contributed by atoms with van der Waals surface area (Å²) < 4.78 is 46.2. The van der Waals surface area contributed by atoms with E-state index in [-0.39, 0.29) is 29.2 Å². The summed E-state index contributed by atoms with van der Waals surface area (Å²) in [6.45, 7) is 7.14. The summed E-state index contributed by atoms with van der Waals surface area (Å²) in [4.78, 5) is 22.5. The molecule has 0 bridgehead atoms. The molecule has 2 aromatic heterocycles. The van der Waals surface area contributed by atoms with Crippen molar-refractivity contribution in [2.45, 2.75) is 52.3 Å². The van der Waals surface area contributed by atoms with E-state index < -0.39 is 43.7 Å². The van der Waals surface area contributed by atoms with Crippen molar-refractivity contribution in [1.82, 2.24) is 19.5 Å². The van der Waals surface area contributed by atoms with E-state index in [9.17, 15) is 9.36 Å². The summed E-state index contributed by atoms with van der Waals surface area (Å²) >= 11 is 0. The van der Waals surface area contributed by atoms with E-state index in [1.165, 1.54) is 18.0 Å². The molecule has 29 heavy (non-hydrogen) atoms. The summed E-state index contributed by atoms with van der Waals surface area (Å²) in [6.07, 6.45) is -2.40. The van der Waals surface area contributed by atoms with Crippen molar-refractivity contribution < 1.29 is 22.7 Å². The standard InChI is InChI=1S/C17H27FN5O5P/c1-6-29(25,26-5)28-9(4)13-10(8(2)3)11(18)16(27-13)23-7-20-12-14(23)21-17(19)22-15(12)24/h7-11,13,16H,6H2,1-5H3,(H3,19,21,22,24). The van der Waals surface area contributed by atoms with Gasteiger partial charge in [-0.3, -0.25) is 18.9 Å². The van der Waals surface area contributed by atoms with Gasteiger partial charge in [0, 0.05) is 19.2 Å². The van der Waals surface area contributed by atoms with Crippen molar-refractivity contribution in [3.8, 4) is 0 Å². The van der Waals surface area contributed by atoms with Gasteiger partial charge in [0.05, 0.1) is 18.5 Å². The van der Waals surface area contributed by atoms with Crippen LogP contribution >= 0.6 is 7.60 Å². The van der Waals surface area contributed by atoms with Crippen LogP contribution < -0.4 is 11.3 Å². The number of aromatic amines is 1. The third-order valence-electron chi connectivity index (χ3n) is 5.27. The molecule has 3 rings (SSSR count). The number of ether oxygens (including phenoxy) is 1. The number of imidazole rings is 1. The maximum absolute atomic E-state index is 15.5. The quantitative estimate of drug-likeness (QED) is 0.639. The number of H-pyrrole nitrogens is 1. The number of halogens is 1. The van der Waals surface area contributed by atoms with E-state index in [4.69, 9.17) is 19.5 Å². The normalized spacial score (nSPS) is 28.1. The van der Waals surface area contributed by atoms with Crippen LogP contribution in [0.2, 0.25) is 0 Å². The molecule has 10 nitrogen and oxygen atoms in total. The highest BCUT2D eigenvalue weighted by Crippen LogP contribution is 2.51. The average Bonchev–Trinajstić information content (AvgIpc) is 3.22. The average molecular weight is 431 g/mol. The first-order chi connectivity index (χ1) is 13.6. The molecule has 1 fully saturated rings. The highest BCUT2D eigenvalue weighted by molar-refractivity contribution is 7.53. The summed E-state index contributed by atoms with van der Waals surface area (Å²) in [5, 5.41) is 0. The molecular formula is C17H27FN5O5P. The molecule has 12 heteroatoms. The topological polar surface area (TPSA) is 134 Å². The predicted molar refractivity (Wildman–Crippen MR) is 105 cm³/mol. The second-order valence-corrected chi connectivity index (χ2v) is 9.88. The lowest BCUT2D eigenvalue weighted by Gasteiger charge is -2.29. The smallest absolute Gasteiger partial charge is 0.330 e. The fourth-order valence-corrected chi connectivity index (χ4v) is 4.90. The van der Waals surface area contributed by atoms with Gasteiger partial charge in [-0.2, -0.15) is 4.98 Å². The number of fused-ring (bicyclic) bond motifs is 1. The summed E-state index contributed by atoms with van der Waals surface area (Å²) in [5.74, 6) is -0.741. The molecule has 3 N–H and O–H groups in total. The van der Waals surface area contributed by atoms with E-state index in [2.05, 4.69) is 15.0 Å². The molecule has 1 aliphatic heterocycles. The Balaban J connectivity index is 1.97. The van der Waals surface area contributed by atoms with Gasteiger partial charge in [-0.25, -0.2) is 9.37 Å². The number of hydrogen-bond acceptors (Lipinski definition) is 8. The van der Waals surface area contributed by atoms with E-state index in [1.807, 2.05) is 13.8 Å². The van der Waals surface area contributed by atoms with E-state index in [1.54, 1.807) is 13.8 Å². The molecule has 1 aliphatic rings. The monoisotopic (exact) mass is 431 g/mol. The summed E-state index contributed by atoms with van der Waals surface area (Å²) in [6, 6.07) is 0. The van der Waals surface area contributed by atoms with Crippen molar-refractivity contribution in [1.29, 1.82) is 0 Å².